The molecule has 7 heteroatoms. The Balaban J connectivity index is 0.00000208. The van der Waals surface area contributed by atoms with Gasteiger partial charge < -0.3 is 14.6 Å². The van der Waals surface area contributed by atoms with E-state index < -0.39 is 0 Å². The summed E-state index contributed by atoms with van der Waals surface area (Å²) >= 11 is 0. The molecule has 0 radical (unpaired) electrons. The maximum atomic E-state index is 5.73. The highest BCUT2D eigenvalue weighted by atomic mass is 35.5. The number of nitrogens with one attached hydrogen (secondary N) is 1. The van der Waals surface area contributed by atoms with Gasteiger partial charge in [-0.3, -0.25) is 4.90 Å². The Hall–Kier alpha value is -1.63. The number of likely N-dealkylation sites (N-methyl/N-ethyl adjacent to an activating group) is 1. The smallest absolute Gasteiger partial charge is 0.264 e. The van der Waals surface area contributed by atoms with E-state index in [4.69, 9.17) is 9.26 Å². The van der Waals surface area contributed by atoms with Crippen LogP contribution in [0, 0.1) is 0 Å². The van der Waals surface area contributed by atoms with E-state index in [0.717, 1.165) is 25.4 Å². The van der Waals surface area contributed by atoms with Crippen molar-refractivity contribution in [1.29, 1.82) is 0 Å². The highest BCUT2D eigenvalue weighted by Gasteiger charge is 2.25. The lowest BCUT2D eigenvalue weighted by Gasteiger charge is -2.30. The molecule has 1 aliphatic heterocycles. The molecule has 0 amide bonds. The van der Waals surface area contributed by atoms with Gasteiger partial charge in [-0.05, 0) is 30.7 Å². The third-order valence-corrected chi connectivity index (χ3v) is 4.20. The maximum absolute atomic E-state index is 5.73. The van der Waals surface area contributed by atoms with E-state index in [2.05, 4.69) is 53.4 Å². The molecule has 2 heterocycles. The number of rotatable bonds is 5. The van der Waals surface area contributed by atoms with E-state index >= 15 is 0 Å². The van der Waals surface area contributed by atoms with Gasteiger partial charge in [0.05, 0.1) is 6.04 Å². The first-order valence-electron chi connectivity index (χ1n) is 8.09. The van der Waals surface area contributed by atoms with Crippen LogP contribution in [0.5, 0.6) is 5.75 Å². The van der Waals surface area contributed by atoms with Gasteiger partial charge in [0.25, 0.3) is 5.89 Å². The molecule has 1 fully saturated rings. The second-order valence-electron chi connectivity index (χ2n) is 6.26. The minimum Gasteiger partial charge on any atom is -0.484 e. The van der Waals surface area contributed by atoms with Crippen molar-refractivity contribution in [2.75, 3.05) is 26.7 Å². The van der Waals surface area contributed by atoms with Crippen LogP contribution in [0.1, 0.15) is 43.1 Å². The Labute approximate surface area is 149 Å². The lowest BCUT2D eigenvalue weighted by molar-refractivity contribution is 0.189. The van der Waals surface area contributed by atoms with Crippen LogP contribution in [-0.4, -0.2) is 41.7 Å². The summed E-state index contributed by atoms with van der Waals surface area (Å²) in [6.45, 7) is 7.45. The van der Waals surface area contributed by atoms with Crippen molar-refractivity contribution in [2.24, 2.45) is 0 Å². The molecule has 0 bridgehead atoms. The lowest BCUT2D eigenvalue weighted by atomic mass is 10.0. The first-order valence-corrected chi connectivity index (χ1v) is 8.09. The molecule has 1 aliphatic rings. The molecular weight excluding hydrogens is 328 g/mol. The van der Waals surface area contributed by atoms with Crippen molar-refractivity contribution >= 4 is 12.4 Å². The number of halogens is 1. The molecular formula is C17H25ClN4O2. The summed E-state index contributed by atoms with van der Waals surface area (Å²) in [6, 6.07) is 8.28. The standard InChI is InChI=1S/C17H24N4O2.ClH/c1-12(2)13-4-6-14(7-5-13)22-11-16-19-17(20-23-16)15-10-18-8-9-21(15)3;/h4-7,12,15,18H,8-11H2,1-3H3;1H. The minimum absolute atomic E-state index is 0. The average molecular weight is 353 g/mol. The molecule has 6 nitrogen and oxygen atoms in total. The van der Waals surface area contributed by atoms with Crippen LogP contribution in [0.25, 0.3) is 0 Å². The number of aromatic nitrogens is 2. The van der Waals surface area contributed by atoms with Gasteiger partial charge in [0.1, 0.15) is 5.75 Å². The van der Waals surface area contributed by atoms with Crippen molar-refractivity contribution in [3.63, 3.8) is 0 Å². The molecule has 1 atom stereocenters. The van der Waals surface area contributed by atoms with Crippen molar-refractivity contribution in [1.82, 2.24) is 20.4 Å². The normalized spacial score (nSPS) is 18.4. The predicted molar refractivity (Wildman–Crippen MR) is 94.6 cm³/mol. The quantitative estimate of drug-likeness (QED) is 0.892. The Kier molecular flexibility index (Phi) is 6.60. The summed E-state index contributed by atoms with van der Waals surface area (Å²) in [7, 11) is 2.08. The molecule has 0 aliphatic carbocycles. The second-order valence-corrected chi connectivity index (χ2v) is 6.26. The van der Waals surface area contributed by atoms with Crippen LogP contribution in [0.3, 0.4) is 0 Å². The Morgan fingerprint density at radius 2 is 2.08 bits per heavy atom. The number of piperazine rings is 1. The number of hydrogen-bond donors (Lipinski definition) is 1. The zero-order valence-electron chi connectivity index (χ0n) is 14.4. The van der Waals surface area contributed by atoms with Crippen LogP contribution >= 0.6 is 12.4 Å². The van der Waals surface area contributed by atoms with Crippen LogP contribution in [0.15, 0.2) is 28.8 Å². The average Bonchev–Trinajstić information content (AvgIpc) is 3.02. The second kappa shape index (κ2) is 8.46. The lowest BCUT2D eigenvalue weighted by Crippen LogP contribution is -2.44. The molecule has 1 aromatic heterocycles. The molecule has 0 spiro atoms. The molecule has 0 saturated carbocycles. The summed E-state index contributed by atoms with van der Waals surface area (Å²) in [6.07, 6.45) is 0. The minimum atomic E-state index is 0. The van der Waals surface area contributed by atoms with E-state index in [9.17, 15) is 0 Å². The summed E-state index contributed by atoms with van der Waals surface area (Å²) in [5.41, 5.74) is 1.30. The molecule has 1 aromatic carbocycles. The summed E-state index contributed by atoms with van der Waals surface area (Å²) < 4.78 is 11.0. The van der Waals surface area contributed by atoms with Crippen LogP contribution in [0.4, 0.5) is 0 Å². The molecule has 2 aromatic rings. The van der Waals surface area contributed by atoms with Gasteiger partial charge in [0.2, 0.25) is 0 Å². The van der Waals surface area contributed by atoms with Crippen LogP contribution in [-0.2, 0) is 6.61 Å². The fourth-order valence-corrected chi connectivity index (χ4v) is 2.65. The van der Waals surface area contributed by atoms with E-state index in [1.54, 1.807) is 0 Å². The van der Waals surface area contributed by atoms with Crippen molar-refractivity contribution in [2.45, 2.75) is 32.4 Å². The molecule has 132 valence electrons. The van der Waals surface area contributed by atoms with Gasteiger partial charge in [-0.25, -0.2) is 0 Å². The van der Waals surface area contributed by atoms with Crippen molar-refractivity contribution < 1.29 is 9.26 Å². The number of nitrogens with zero attached hydrogens (tertiary/aromatic N) is 3. The van der Waals surface area contributed by atoms with E-state index in [-0.39, 0.29) is 25.1 Å². The fraction of sp³-hybridized carbons (Fsp3) is 0.529. The van der Waals surface area contributed by atoms with E-state index in [1.807, 2.05) is 12.1 Å². The van der Waals surface area contributed by atoms with Gasteiger partial charge in [-0.1, -0.05) is 31.1 Å². The highest BCUT2D eigenvalue weighted by Crippen LogP contribution is 2.20. The zero-order chi connectivity index (χ0) is 16.2. The summed E-state index contributed by atoms with van der Waals surface area (Å²) in [5, 5.41) is 7.44. The van der Waals surface area contributed by atoms with Gasteiger partial charge in [0, 0.05) is 19.6 Å². The monoisotopic (exact) mass is 352 g/mol. The number of hydrogen-bond acceptors (Lipinski definition) is 6. The van der Waals surface area contributed by atoms with Gasteiger partial charge in [-0.2, -0.15) is 4.98 Å². The number of ether oxygens (including phenoxy) is 1. The Morgan fingerprint density at radius 1 is 1.33 bits per heavy atom. The molecule has 1 saturated heterocycles. The molecule has 1 unspecified atom stereocenters. The zero-order valence-corrected chi connectivity index (χ0v) is 15.2. The highest BCUT2D eigenvalue weighted by molar-refractivity contribution is 5.85. The topological polar surface area (TPSA) is 63.4 Å². The van der Waals surface area contributed by atoms with Crippen molar-refractivity contribution in [3.05, 3.63) is 41.5 Å². The first-order chi connectivity index (χ1) is 11.1. The number of benzene rings is 1. The third-order valence-electron chi connectivity index (χ3n) is 4.20. The fourth-order valence-electron chi connectivity index (χ4n) is 2.65. The maximum Gasteiger partial charge on any atom is 0.264 e. The Morgan fingerprint density at radius 3 is 2.75 bits per heavy atom. The molecule has 1 N–H and O–H groups in total. The SMILES string of the molecule is CC(C)c1ccc(OCc2nc(C3CNCCN3C)no2)cc1.Cl. The molecule has 24 heavy (non-hydrogen) atoms. The van der Waals surface area contributed by atoms with E-state index in [0.29, 0.717) is 17.6 Å². The van der Waals surface area contributed by atoms with Crippen molar-refractivity contribution in [3.8, 4) is 5.75 Å². The van der Waals surface area contributed by atoms with Crippen LogP contribution < -0.4 is 10.1 Å². The third kappa shape index (κ3) is 4.47. The molecule has 3 rings (SSSR count). The van der Waals surface area contributed by atoms with Crippen LogP contribution in [0.2, 0.25) is 0 Å². The van der Waals surface area contributed by atoms with Gasteiger partial charge >= 0.3 is 0 Å². The van der Waals surface area contributed by atoms with E-state index in [1.165, 1.54) is 5.56 Å². The predicted octanol–water partition coefficient (Wildman–Crippen LogP) is 2.77. The summed E-state index contributed by atoms with van der Waals surface area (Å²) in [4.78, 5) is 6.69. The first kappa shape index (κ1) is 18.7. The van der Waals surface area contributed by atoms with Gasteiger partial charge in [-0.15, -0.1) is 12.4 Å². The Bertz CT molecular complexity index is 630. The largest absolute Gasteiger partial charge is 0.484 e. The van der Waals surface area contributed by atoms with Gasteiger partial charge in [0.15, 0.2) is 12.4 Å². The summed E-state index contributed by atoms with van der Waals surface area (Å²) in [5.74, 6) is 2.55.